The summed E-state index contributed by atoms with van der Waals surface area (Å²) in [6.45, 7) is 7.02. The van der Waals surface area contributed by atoms with Crippen molar-refractivity contribution in [3.05, 3.63) is 29.3 Å². The first-order chi connectivity index (χ1) is 9.93. The summed E-state index contributed by atoms with van der Waals surface area (Å²) in [4.78, 5) is 23.7. The van der Waals surface area contributed by atoms with Gasteiger partial charge in [-0.05, 0) is 25.0 Å². The van der Waals surface area contributed by atoms with Crippen molar-refractivity contribution in [2.24, 2.45) is 5.92 Å². The third kappa shape index (κ3) is 5.85. The number of hydrogen-bond donors (Lipinski definition) is 3. The fourth-order valence-electron chi connectivity index (χ4n) is 1.86. The van der Waals surface area contributed by atoms with Crippen LogP contribution in [0.3, 0.4) is 0 Å². The minimum atomic E-state index is -0.167. The molecule has 0 spiro atoms. The summed E-state index contributed by atoms with van der Waals surface area (Å²) in [5.74, 6) is 0.218. The van der Waals surface area contributed by atoms with Crippen LogP contribution >= 0.6 is 0 Å². The molecule has 0 bridgehead atoms. The molecular formula is C16H25N3O2. The Balaban J connectivity index is 2.47. The molecule has 2 amide bonds. The van der Waals surface area contributed by atoms with Gasteiger partial charge in [-0.25, -0.2) is 0 Å². The van der Waals surface area contributed by atoms with E-state index in [2.05, 4.69) is 16.0 Å². The zero-order valence-electron chi connectivity index (χ0n) is 13.2. The second-order valence-corrected chi connectivity index (χ2v) is 5.50. The number of anilines is 1. The molecule has 0 aliphatic heterocycles. The molecule has 1 rings (SSSR count). The van der Waals surface area contributed by atoms with Crippen molar-refractivity contribution in [2.75, 3.05) is 25.5 Å². The average Bonchev–Trinajstić information content (AvgIpc) is 2.44. The second kappa shape index (κ2) is 8.29. The zero-order valence-corrected chi connectivity index (χ0v) is 13.2. The Morgan fingerprint density at radius 1 is 1.19 bits per heavy atom. The monoisotopic (exact) mass is 291 g/mol. The first kappa shape index (κ1) is 17.0. The molecule has 5 heteroatoms. The zero-order chi connectivity index (χ0) is 15.8. The van der Waals surface area contributed by atoms with Gasteiger partial charge >= 0.3 is 0 Å². The lowest BCUT2D eigenvalue weighted by Gasteiger charge is -2.11. The van der Waals surface area contributed by atoms with Gasteiger partial charge in [0.2, 0.25) is 5.91 Å². The van der Waals surface area contributed by atoms with Gasteiger partial charge in [-0.3, -0.25) is 9.59 Å². The first-order valence-corrected chi connectivity index (χ1v) is 7.27. The normalized spacial score (nSPS) is 10.3. The Bertz CT molecular complexity index is 498. The van der Waals surface area contributed by atoms with E-state index in [-0.39, 0.29) is 11.8 Å². The van der Waals surface area contributed by atoms with Crippen LogP contribution in [-0.4, -0.2) is 32.0 Å². The number of nitrogens with one attached hydrogen (secondary N) is 3. The van der Waals surface area contributed by atoms with E-state index in [1.54, 1.807) is 7.05 Å². The molecule has 3 N–H and O–H groups in total. The molecule has 0 atom stereocenters. The molecule has 21 heavy (non-hydrogen) atoms. The van der Waals surface area contributed by atoms with E-state index in [1.807, 2.05) is 39.0 Å². The Morgan fingerprint density at radius 3 is 2.52 bits per heavy atom. The van der Waals surface area contributed by atoms with Gasteiger partial charge in [0.05, 0.1) is 5.56 Å². The van der Waals surface area contributed by atoms with E-state index in [4.69, 9.17) is 0 Å². The van der Waals surface area contributed by atoms with Crippen LogP contribution < -0.4 is 16.0 Å². The molecule has 0 fully saturated rings. The second-order valence-electron chi connectivity index (χ2n) is 5.50. The van der Waals surface area contributed by atoms with Crippen molar-refractivity contribution in [2.45, 2.75) is 27.2 Å². The van der Waals surface area contributed by atoms with Crippen molar-refractivity contribution in [3.8, 4) is 0 Å². The van der Waals surface area contributed by atoms with E-state index in [1.165, 1.54) is 0 Å². The maximum atomic E-state index is 12.1. The maximum absolute atomic E-state index is 12.1. The van der Waals surface area contributed by atoms with Crippen LogP contribution in [0, 0.1) is 12.8 Å². The highest BCUT2D eigenvalue weighted by Crippen LogP contribution is 2.16. The van der Waals surface area contributed by atoms with E-state index in [0.717, 1.165) is 11.3 Å². The molecule has 5 nitrogen and oxygen atoms in total. The number of hydrogen-bond acceptors (Lipinski definition) is 3. The van der Waals surface area contributed by atoms with E-state index >= 15 is 0 Å². The van der Waals surface area contributed by atoms with E-state index in [0.29, 0.717) is 31.0 Å². The lowest BCUT2D eigenvalue weighted by atomic mass is 10.1. The summed E-state index contributed by atoms with van der Waals surface area (Å²) >= 11 is 0. The molecule has 0 unspecified atom stereocenters. The van der Waals surface area contributed by atoms with Crippen LogP contribution in [0.25, 0.3) is 0 Å². The molecule has 0 aliphatic carbocycles. The van der Waals surface area contributed by atoms with Gasteiger partial charge in [-0.1, -0.05) is 25.5 Å². The van der Waals surface area contributed by atoms with Gasteiger partial charge in [-0.2, -0.15) is 0 Å². The Labute approximate surface area is 126 Å². The number of carbonyl (C=O) groups is 2. The fourth-order valence-corrected chi connectivity index (χ4v) is 1.86. The molecule has 0 saturated carbocycles. The van der Waals surface area contributed by atoms with Gasteiger partial charge in [0.1, 0.15) is 0 Å². The summed E-state index contributed by atoms with van der Waals surface area (Å²) in [5, 5.41) is 8.60. The predicted molar refractivity (Wildman–Crippen MR) is 85.5 cm³/mol. The third-order valence-electron chi connectivity index (χ3n) is 3.03. The van der Waals surface area contributed by atoms with Gasteiger partial charge < -0.3 is 16.0 Å². The quantitative estimate of drug-likeness (QED) is 0.719. The van der Waals surface area contributed by atoms with Crippen molar-refractivity contribution in [1.82, 2.24) is 10.6 Å². The van der Waals surface area contributed by atoms with Crippen LogP contribution in [0.5, 0.6) is 0 Å². The van der Waals surface area contributed by atoms with E-state index in [9.17, 15) is 9.59 Å². The van der Waals surface area contributed by atoms with E-state index < -0.39 is 0 Å². The largest absolute Gasteiger partial charge is 0.387 e. The molecule has 0 aromatic heterocycles. The van der Waals surface area contributed by atoms with Crippen LogP contribution in [-0.2, 0) is 4.79 Å². The van der Waals surface area contributed by atoms with Crippen molar-refractivity contribution >= 4 is 17.5 Å². The third-order valence-corrected chi connectivity index (χ3v) is 3.03. The summed E-state index contributed by atoms with van der Waals surface area (Å²) < 4.78 is 0. The van der Waals surface area contributed by atoms with Crippen LogP contribution in [0.2, 0.25) is 0 Å². The molecule has 0 aliphatic rings. The highest BCUT2D eigenvalue weighted by molar-refractivity contribution is 5.99. The number of carbonyl (C=O) groups excluding carboxylic acids is 2. The number of rotatable bonds is 7. The van der Waals surface area contributed by atoms with Crippen molar-refractivity contribution in [1.29, 1.82) is 0 Å². The SMILES string of the molecule is CNc1ccc(C)cc1C(=O)NCCC(=O)NCC(C)C. The summed E-state index contributed by atoms with van der Waals surface area (Å²) in [5.41, 5.74) is 2.40. The number of amides is 2. The summed E-state index contributed by atoms with van der Waals surface area (Å²) in [6, 6.07) is 5.65. The highest BCUT2D eigenvalue weighted by Gasteiger charge is 2.11. The minimum Gasteiger partial charge on any atom is -0.387 e. The Kier molecular flexibility index (Phi) is 6.72. The fraction of sp³-hybridized carbons (Fsp3) is 0.500. The van der Waals surface area contributed by atoms with Crippen molar-refractivity contribution in [3.63, 3.8) is 0 Å². The smallest absolute Gasteiger partial charge is 0.253 e. The average molecular weight is 291 g/mol. The van der Waals surface area contributed by atoms with Gasteiger partial charge in [0.25, 0.3) is 5.91 Å². The Morgan fingerprint density at radius 2 is 1.90 bits per heavy atom. The van der Waals surface area contributed by atoms with Crippen LogP contribution in [0.4, 0.5) is 5.69 Å². The lowest BCUT2D eigenvalue weighted by Crippen LogP contribution is -2.32. The molecule has 1 aromatic carbocycles. The highest BCUT2D eigenvalue weighted by atomic mass is 16.2. The number of benzene rings is 1. The van der Waals surface area contributed by atoms with Crippen molar-refractivity contribution < 1.29 is 9.59 Å². The van der Waals surface area contributed by atoms with Gasteiger partial charge in [-0.15, -0.1) is 0 Å². The lowest BCUT2D eigenvalue weighted by molar-refractivity contribution is -0.121. The molecule has 0 saturated heterocycles. The molecule has 0 radical (unpaired) electrons. The Hall–Kier alpha value is -2.04. The van der Waals surface area contributed by atoms with Gasteiger partial charge in [0, 0.05) is 32.2 Å². The maximum Gasteiger partial charge on any atom is 0.253 e. The standard InChI is InChI=1S/C16H25N3O2/c1-11(2)10-19-15(20)7-8-18-16(21)13-9-12(3)5-6-14(13)17-4/h5-6,9,11,17H,7-8,10H2,1-4H3,(H,18,21)(H,19,20). The molecule has 116 valence electrons. The van der Waals surface area contributed by atoms with Crippen LogP contribution in [0.15, 0.2) is 18.2 Å². The first-order valence-electron chi connectivity index (χ1n) is 7.27. The topological polar surface area (TPSA) is 70.2 Å². The predicted octanol–water partition coefficient (Wildman–Crippen LogP) is 1.93. The summed E-state index contributed by atoms with van der Waals surface area (Å²) in [7, 11) is 1.78. The molecular weight excluding hydrogens is 266 g/mol. The molecule has 1 aromatic rings. The summed E-state index contributed by atoms with van der Waals surface area (Å²) in [6.07, 6.45) is 0.291. The molecule has 0 heterocycles. The van der Waals surface area contributed by atoms with Crippen LogP contribution in [0.1, 0.15) is 36.2 Å². The van der Waals surface area contributed by atoms with Gasteiger partial charge in [0.15, 0.2) is 0 Å². The number of aryl methyl sites for hydroxylation is 1. The minimum absolute atomic E-state index is 0.0397.